The van der Waals surface area contributed by atoms with Crippen molar-refractivity contribution >= 4 is 5.91 Å². The van der Waals surface area contributed by atoms with E-state index in [2.05, 4.69) is 10.2 Å². The van der Waals surface area contributed by atoms with Gasteiger partial charge in [0.25, 0.3) is 0 Å². The molecule has 108 valence electrons. The van der Waals surface area contributed by atoms with Crippen molar-refractivity contribution in [2.45, 2.75) is 57.4 Å². The Kier molecular flexibility index (Phi) is 4.11. The van der Waals surface area contributed by atoms with E-state index in [0.29, 0.717) is 17.9 Å². The summed E-state index contributed by atoms with van der Waals surface area (Å²) in [5, 5.41) is 3.23. The Morgan fingerprint density at radius 3 is 2.68 bits per heavy atom. The zero-order chi connectivity index (χ0) is 13.2. The van der Waals surface area contributed by atoms with E-state index in [4.69, 9.17) is 0 Å². The first-order valence-electron chi connectivity index (χ1n) is 8.26. The predicted molar refractivity (Wildman–Crippen MR) is 76.8 cm³/mol. The topological polar surface area (TPSA) is 32.3 Å². The van der Waals surface area contributed by atoms with Crippen molar-refractivity contribution in [2.75, 3.05) is 20.1 Å². The van der Waals surface area contributed by atoms with E-state index in [-0.39, 0.29) is 0 Å². The smallest absolute Gasteiger partial charge is 0.226 e. The molecule has 1 heterocycles. The molecule has 19 heavy (non-hydrogen) atoms. The third-order valence-electron chi connectivity index (χ3n) is 5.51. The lowest BCUT2D eigenvalue weighted by Gasteiger charge is -2.26. The monoisotopic (exact) mass is 264 g/mol. The van der Waals surface area contributed by atoms with E-state index in [1.54, 1.807) is 0 Å². The van der Waals surface area contributed by atoms with Crippen molar-refractivity contribution in [1.29, 1.82) is 0 Å². The minimum absolute atomic E-state index is 0.389. The molecule has 0 aromatic heterocycles. The van der Waals surface area contributed by atoms with Gasteiger partial charge in [0.1, 0.15) is 0 Å². The predicted octanol–water partition coefficient (Wildman–Crippen LogP) is 2.41. The number of nitrogens with one attached hydrogen (secondary N) is 1. The Balaban J connectivity index is 1.54. The van der Waals surface area contributed by atoms with E-state index in [1.165, 1.54) is 51.4 Å². The van der Waals surface area contributed by atoms with Gasteiger partial charge in [-0.2, -0.15) is 0 Å². The van der Waals surface area contributed by atoms with Gasteiger partial charge in [-0.1, -0.05) is 32.1 Å². The van der Waals surface area contributed by atoms with E-state index >= 15 is 0 Å². The molecule has 0 aromatic rings. The van der Waals surface area contributed by atoms with Gasteiger partial charge in [-0.25, -0.2) is 0 Å². The SMILES string of the molecule is CNC[C@@H]1CCCN1C(=O)[C@H]1C[C@@H]1C1CCCCC1. The Morgan fingerprint density at radius 1 is 1.16 bits per heavy atom. The van der Waals surface area contributed by atoms with Crippen molar-refractivity contribution in [1.82, 2.24) is 10.2 Å². The van der Waals surface area contributed by atoms with Gasteiger partial charge in [0.2, 0.25) is 5.91 Å². The second-order valence-electron chi connectivity index (χ2n) is 6.79. The van der Waals surface area contributed by atoms with Crippen LogP contribution in [0.2, 0.25) is 0 Å². The lowest BCUT2D eigenvalue weighted by atomic mass is 9.85. The molecule has 1 saturated heterocycles. The van der Waals surface area contributed by atoms with Crippen molar-refractivity contribution in [3.05, 3.63) is 0 Å². The van der Waals surface area contributed by atoms with Gasteiger partial charge in [-0.3, -0.25) is 4.79 Å². The third kappa shape index (κ3) is 2.81. The highest BCUT2D eigenvalue weighted by Gasteiger charge is 2.49. The Morgan fingerprint density at radius 2 is 1.95 bits per heavy atom. The summed E-state index contributed by atoms with van der Waals surface area (Å²) in [5.41, 5.74) is 0. The highest BCUT2D eigenvalue weighted by Crippen LogP contribution is 2.50. The summed E-state index contributed by atoms with van der Waals surface area (Å²) >= 11 is 0. The molecule has 1 amide bonds. The van der Waals surface area contributed by atoms with Gasteiger partial charge in [-0.15, -0.1) is 0 Å². The van der Waals surface area contributed by atoms with Gasteiger partial charge in [-0.05, 0) is 38.1 Å². The standard InChI is InChI=1S/C16H28N2O/c1-17-11-13-8-5-9-18(13)16(19)15-10-14(15)12-6-3-2-4-7-12/h12-15,17H,2-11H2,1H3/t13-,14+,15-/m0/s1. The van der Waals surface area contributed by atoms with Gasteiger partial charge in [0, 0.05) is 25.0 Å². The fourth-order valence-corrected chi connectivity index (χ4v) is 4.37. The fourth-order valence-electron chi connectivity index (χ4n) is 4.37. The zero-order valence-corrected chi connectivity index (χ0v) is 12.2. The molecule has 0 unspecified atom stereocenters. The number of carbonyl (C=O) groups is 1. The summed E-state index contributed by atoms with van der Waals surface area (Å²) in [5.74, 6) is 2.48. The molecule has 3 nitrogen and oxygen atoms in total. The molecule has 1 aliphatic heterocycles. The van der Waals surface area contributed by atoms with Gasteiger partial charge < -0.3 is 10.2 Å². The molecule has 0 bridgehead atoms. The van der Waals surface area contributed by atoms with Crippen LogP contribution in [0.5, 0.6) is 0 Å². The normalized spacial score (nSPS) is 35.6. The van der Waals surface area contributed by atoms with Crippen LogP contribution in [-0.2, 0) is 4.79 Å². The molecule has 0 radical (unpaired) electrons. The molecular formula is C16H28N2O. The number of likely N-dealkylation sites (N-methyl/N-ethyl adjacent to an activating group) is 1. The first-order chi connectivity index (χ1) is 9.31. The van der Waals surface area contributed by atoms with Gasteiger partial charge >= 0.3 is 0 Å². The second kappa shape index (κ2) is 5.82. The van der Waals surface area contributed by atoms with Crippen LogP contribution >= 0.6 is 0 Å². The summed E-state index contributed by atoms with van der Waals surface area (Å²) in [6.45, 7) is 1.96. The Hall–Kier alpha value is -0.570. The lowest BCUT2D eigenvalue weighted by Crippen LogP contribution is -2.42. The number of hydrogen-bond donors (Lipinski definition) is 1. The molecule has 0 spiro atoms. The highest BCUT2D eigenvalue weighted by molar-refractivity contribution is 5.82. The Bertz CT molecular complexity index is 325. The Labute approximate surface area is 117 Å². The molecule has 2 aliphatic carbocycles. The van der Waals surface area contributed by atoms with Crippen LogP contribution in [0.4, 0.5) is 0 Å². The van der Waals surface area contributed by atoms with E-state index in [1.807, 2.05) is 7.05 Å². The van der Waals surface area contributed by atoms with Crippen molar-refractivity contribution in [3.8, 4) is 0 Å². The largest absolute Gasteiger partial charge is 0.338 e. The third-order valence-corrected chi connectivity index (χ3v) is 5.51. The molecule has 3 aliphatic rings. The summed E-state index contributed by atoms with van der Waals surface area (Å²) in [6, 6.07) is 0.463. The highest BCUT2D eigenvalue weighted by atomic mass is 16.2. The first-order valence-corrected chi connectivity index (χ1v) is 8.26. The molecule has 3 heteroatoms. The van der Waals surface area contributed by atoms with E-state index in [0.717, 1.165) is 24.9 Å². The first kappa shape index (κ1) is 13.4. The van der Waals surface area contributed by atoms with Crippen LogP contribution in [0.1, 0.15) is 51.4 Å². The molecular weight excluding hydrogens is 236 g/mol. The summed E-state index contributed by atoms with van der Waals surface area (Å²) < 4.78 is 0. The summed E-state index contributed by atoms with van der Waals surface area (Å²) in [7, 11) is 1.99. The number of carbonyl (C=O) groups excluding carboxylic acids is 1. The minimum Gasteiger partial charge on any atom is -0.338 e. The van der Waals surface area contributed by atoms with Crippen molar-refractivity contribution in [2.24, 2.45) is 17.8 Å². The average molecular weight is 264 g/mol. The second-order valence-corrected chi connectivity index (χ2v) is 6.79. The molecule has 3 fully saturated rings. The minimum atomic E-state index is 0.389. The van der Waals surface area contributed by atoms with Crippen molar-refractivity contribution in [3.63, 3.8) is 0 Å². The number of rotatable bonds is 4. The van der Waals surface area contributed by atoms with Gasteiger partial charge in [0.05, 0.1) is 0 Å². The number of hydrogen-bond acceptors (Lipinski definition) is 2. The molecule has 3 atom stereocenters. The zero-order valence-electron chi connectivity index (χ0n) is 12.2. The maximum Gasteiger partial charge on any atom is 0.226 e. The molecule has 1 N–H and O–H groups in total. The summed E-state index contributed by atoms with van der Waals surface area (Å²) in [4.78, 5) is 14.8. The van der Waals surface area contributed by atoms with Crippen LogP contribution < -0.4 is 5.32 Å². The van der Waals surface area contributed by atoms with Crippen LogP contribution in [0, 0.1) is 17.8 Å². The number of amides is 1. The quantitative estimate of drug-likeness (QED) is 0.845. The van der Waals surface area contributed by atoms with Gasteiger partial charge in [0.15, 0.2) is 0 Å². The number of nitrogens with zero attached hydrogens (tertiary/aromatic N) is 1. The fraction of sp³-hybridized carbons (Fsp3) is 0.938. The van der Waals surface area contributed by atoms with Crippen LogP contribution in [0.15, 0.2) is 0 Å². The molecule has 0 aromatic carbocycles. The van der Waals surface area contributed by atoms with E-state index < -0.39 is 0 Å². The van der Waals surface area contributed by atoms with Crippen LogP contribution in [0.25, 0.3) is 0 Å². The van der Waals surface area contributed by atoms with Crippen LogP contribution in [0.3, 0.4) is 0 Å². The maximum absolute atomic E-state index is 12.6. The summed E-state index contributed by atoms with van der Waals surface area (Å²) in [6.07, 6.45) is 10.5. The van der Waals surface area contributed by atoms with Crippen LogP contribution in [-0.4, -0.2) is 37.0 Å². The van der Waals surface area contributed by atoms with E-state index in [9.17, 15) is 4.79 Å². The maximum atomic E-state index is 12.6. The lowest BCUT2D eigenvalue weighted by molar-refractivity contribution is -0.133. The molecule has 3 rings (SSSR count). The van der Waals surface area contributed by atoms with Crippen molar-refractivity contribution < 1.29 is 4.79 Å². The molecule has 2 saturated carbocycles. The number of likely N-dealkylation sites (tertiary alicyclic amines) is 1. The average Bonchev–Trinajstić information content (AvgIpc) is 3.12.